The maximum Gasteiger partial charge on any atom is 0.193 e. The summed E-state index contributed by atoms with van der Waals surface area (Å²) in [6, 6.07) is 19.6. The summed E-state index contributed by atoms with van der Waals surface area (Å²) in [5.41, 5.74) is 7.63. The molecule has 1 aromatic heterocycles. The van der Waals surface area contributed by atoms with Gasteiger partial charge in [-0.25, -0.2) is 4.99 Å². The number of hydrogen-bond acceptors (Lipinski definition) is 2. The Balaban J connectivity index is 1.69. The van der Waals surface area contributed by atoms with Gasteiger partial charge in [-0.05, 0) is 24.3 Å². The van der Waals surface area contributed by atoms with Crippen molar-refractivity contribution in [1.82, 2.24) is 0 Å². The van der Waals surface area contributed by atoms with Gasteiger partial charge >= 0.3 is 0 Å². The molecule has 0 spiro atoms. The number of furan rings is 1. The van der Waals surface area contributed by atoms with Crippen molar-refractivity contribution in [3.8, 4) is 0 Å². The van der Waals surface area contributed by atoms with E-state index in [9.17, 15) is 0 Å². The first-order chi connectivity index (χ1) is 9.81. The van der Waals surface area contributed by atoms with Crippen molar-refractivity contribution in [2.45, 2.75) is 6.54 Å². The van der Waals surface area contributed by atoms with Crippen molar-refractivity contribution in [3.05, 3.63) is 66.4 Å². The summed E-state index contributed by atoms with van der Waals surface area (Å²) in [7, 11) is 0. The van der Waals surface area contributed by atoms with Gasteiger partial charge in [0.2, 0.25) is 0 Å². The lowest BCUT2D eigenvalue weighted by atomic mass is 10.2. The van der Waals surface area contributed by atoms with E-state index >= 15 is 0 Å². The fourth-order valence-electron chi connectivity index (χ4n) is 1.99. The summed E-state index contributed by atoms with van der Waals surface area (Å²) in [4.78, 5) is 4.27. The van der Waals surface area contributed by atoms with Crippen LogP contribution >= 0.6 is 0 Å². The van der Waals surface area contributed by atoms with Crippen LogP contribution in [0.1, 0.15) is 5.76 Å². The molecule has 0 amide bonds. The topological polar surface area (TPSA) is 63.5 Å². The summed E-state index contributed by atoms with van der Waals surface area (Å²) in [6.07, 6.45) is 0. The van der Waals surface area contributed by atoms with E-state index in [1.54, 1.807) is 0 Å². The minimum atomic E-state index is 0.372. The van der Waals surface area contributed by atoms with Crippen LogP contribution in [0.5, 0.6) is 0 Å². The van der Waals surface area contributed by atoms with Crippen LogP contribution in [-0.2, 0) is 6.54 Å². The molecule has 0 aliphatic rings. The first-order valence-corrected chi connectivity index (χ1v) is 6.41. The van der Waals surface area contributed by atoms with Crippen molar-refractivity contribution in [1.29, 1.82) is 0 Å². The van der Waals surface area contributed by atoms with E-state index in [1.165, 1.54) is 0 Å². The largest absolute Gasteiger partial charge is 0.459 e. The highest BCUT2D eigenvalue weighted by molar-refractivity contribution is 5.92. The van der Waals surface area contributed by atoms with E-state index in [2.05, 4.69) is 10.3 Å². The smallest absolute Gasteiger partial charge is 0.193 e. The van der Waals surface area contributed by atoms with Gasteiger partial charge in [0.15, 0.2) is 5.96 Å². The quantitative estimate of drug-likeness (QED) is 0.564. The van der Waals surface area contributed by atoms with Gasteiger partial charge in [0.05, 0.1) is 0 Å². The molecule has 1 heterocycles. The highest BCUT2D eigenvalue weighted by atomic mass is 16.3. The van der Waals surface area contributed by atoms with Crippen LogP contribution in [0.3, 0.4) is 0 Å². The Labute approximate surface area is 116 Å². The van der Waals surface area contributed by atoms with Crippen LogP contribution in [0, 0.1) is 0 Å². The zero-order chi connectivity index (χ0) is 13.8. The molecule has 3 rings (SSSR count). The standard InChI is InChI=1S/C16H15N3O/c17-16(19-13-7-2-1-3-8-13)18-11-14-10-12-6-4-5-9-15(12)20-14/h1-10H,11H2,(H3,17,18,19). The van der Waals surface area contributed by atoms with E-state index in [4.69, 9.17) is 10.2 Å². The molecule has 3 N–H and O–H groups in total. The maximum absolute atomic E-state index is 5.85. The molecule has 0 saturated carbocycles. The molecule has 0 aliphatic carbocycles. The molecule has 4 heteroatoms. The molecule has 0 saturated heterocycles. The van der Waals surface area contributed by atoms with Crippen molar-refractivity contribution in [3.63, 3.8) is 0 Å². The predicted octanol–water partition coefficient (Wildman–Crippen LogP) is 3.36. The fourth-order valence-corrected chi connectivity index (χ4v) is 1.99. The Morgan fingerprint density at radius 1 is 1.05 bits per heavy atom. The molecule has 3 aromatic rings. The summed E-state index contributed by atoms with van der Waals surface area (Å²) in [5, 5.41) is 4.11. The highest BCUT2D eigenvalue weighted by Gasteiger charge is 2.02. The molecule has 20 heavy (non-hydrogen) atoms. The predicted molar refractivity (Wildman–Crippen MR) is 81.6 cm³/mol. The van der Waals surface area contributed by atoms with Crippen LogP contribution in [0.25, 0.3) is 11.0 Å². The van der Waals surface area contributed by atoms with Gasteiger partial charge in [0, 0.05) is 11.1 Å². The second-order valence-corrected chi connectivity index (χ2v) is 4.44. The molecular weight excluding hydrogens is 250 g/mol. The molecule has 0 unspecified atom stereocenters. The number of aliphatic imine (C=N–C) groups is 1. The number of hydrogen-bond donors (Lipinski definition) is 2. The number of anilines is 1. The summed E-state index contributed by atoms with van der Waals surface area (Å²) >= 11 is 0. The van der Waals surface area contributed by atoms with Gasteiger partial charge in [-0.15, -0.1) is 0 Å². The van der Waals surface area contributed by atoms with Crippen LogP contribution in [0.2, 0.25) is 0 Å². The van der Waals surface area contributed by atoms with Crippen LogP contribution in [0.15, 0.2) is 70.1 Å². The van der Waals surface area contributed by atoms with Crippen LogP contribution in [0.4, 0.5) is 5.69 Å². The maximum atomic E-state index is 5.85. The van der Waals surface area contributed by atoms with Crippen molar-refractivity contribution >= 4 is 22.6 Å². The average Bonchev–Trinajstić information content (AvgIpc) is 2.89. The first-order valence-electron chi connectivity index (χ1n) is 6.41. The monoisotopic (exact) mass is 265 g/mol. The van der Waals surface area contributed by atoms with Crippen LogP contribution < -0.4 is 11.1 Å². The average molecular weight is 265 g/mol. The summed E-state index contributed by atoms with van der Waals surface area (Å²) in [6.45, 7) is 0.417. The number of nitrogens with two attached hydrogens (primary N) is 1. The van der Waals surface area contributed by atoms with Crippen molar-refractivity contribution < 1.29 is 4.42 Å². The zero-order valence-electron chi connectivity index (χ0n) is 10.9. The second-order valence-electron chi connectivity index (χ2n) is 4.44. The number of benzene rings is 2. The molecule has 100 valence electrons. The van der Waals surface area contributed by atoms with Gasteiger partial charge in [-0.1, -0.05) is 36.4 Å². The van der Waals surface area contributed by atoms with E-state index in [-0.39, 0.29) is 0 Å². The van der Waals surface area contributed by atoms with E-state index in [0.717, 1.165) is 22.4 Å². The lowest BCUT2D eigenvalue weighted by molar-refractivity contribution is 0.553. The van der Waals surface area contributed by atoms with E-state index in [1.807, 2.05) is 60.7 Å². The number of nitrogens with zero attached hydrogens (tertiary/aromatic N) is 1. The third-order valence-corrected chi connectivity index (χ3v) is 2.93. The van der Waals surface area contributed by atoms with Gasteiger partial charge in [0.1, 0.15) is 17.9 Å². The number of guanidine groups is 1. The van der Waals surface area contributed by atoms with Gasteiger partial charge in [-0.2, -0.15) is 0 Å². The number of para-hydroxylation sites is 2. The minimum absolute atomic E-state index is 0.372. The highest BCUT2D eigenvalue weighted by Crippen LogP contribution is 2.19. The van der Waals surface area contributed by atoms with Gasteiger partial charge in [-0.3, -0.25) is 0 Å². The molecule has 2 aromatic carbocycles. The van der Waals surface area contributed by atoms with E-state index in [0.29, 0.717) is 12.5 Å². The molecular formula is C16H15N3O. The molecule has 4 nitrogen and oxygen atoms in total. The summed E-state index contributed by atoms with van der Waals surface area (Å²) in [5.74, 6) is 1.17. The Kier molecular flexibility index (Phi) is 3.37. The molecule has 0 atom stereocenters. The zero-order valence-corrected chi connectivity index (χ0v) is 10.9. The normalized spacial score (nSPS) is 11.7. The fraction of sp³-hybridized carbons (Fsp3) is 0.0625. The third-order valence-electron chi connectivity index (χ3n) is 2.93. The van der Waals surface area contributed by atoms with Gasteiger partial charge < -0.3 is 15.5 Å². The number of rotatable bonds is 3. The molecule has 0 radical (unpaired) electrons. The third kappa shape index (κ3) is 2.80. The number of nitrogens with one attached hydrogen (secondary N) is 1. The Morgan fingerprint density at radius 2 is 1.80 bits per heavy atom. The van der Waals surface area contributed by atoms with E-state index < -0.39 is 0 Å². The molecule has 0 bridgehead atoms. The van der Waals surface area contributed by atoms with Crippen molar-refractivity contribution in [2.75, 3.05) is 5.32 Å². The number of fused-ring (bicyclic) bond motifs is 1. The van der Waals surface area contributed by atoms with Crippen LogP contribution in [-0.4, -0.2) is 5.96 Å². The molecule has 0 fully saturated rings. The summed E-state index contributed by atoms with van der Waals surface area (Å²) < 4.78 is 5.68. The van der Waals surface area contributed by atoms with Gasteiger partial charge in [0.25, 0.3) is 0 Å². The Morgan fingerprint density at radius 3 is 2.60 bits per heavy atom. The minimum Gasteiger partial charge on any atom is -0.459 e. The first kappa shape index (κ1) is 12.3. The molecule has 0 aliphatic heterocycles. The lowest BCUT2D eigenvalue weighted by Crippen LogP contribution is -2.22. The second kappa shape index (κ2) is 5.48. The Hall–Kier alpha value is -2.75. The Bertz CT molecular complexity index is 699. The lowest BCUT2D eigenvalue weighted by Gasteiger charge is -2.04. The SMILES string of the molecule is NC(=NCc1cc2ccccc2o1)Nc1ccccc1. The van der Waals surface area contributed by atoms with Crippen molar-refractivity contribution in [2.24, 2.45) is 10.7 Å².